The summed E-state index contributed by atoms with van der Waals surface area (Å²) in [7, 11) is -4.40. The van der Waals surface area contributed by atoms with E-state index in [1.54, 1.807) is 6.92 Å². The minimum absolute atomic E-state index is 0. The highest BCUT2D eigenvalue weighted by molar-refractivity contribution is 7.80. The largest absolute Gasteiger partial charge is 0.397 e. The molecule has 0 aliphatic rings. The average Bonchev–Trinajstić information content (AvgIpc) is 2.09. The van der Waals surface area contributed by atoms with Crippen LogP contribution in [0.15, 0.2) is 12.7 Å². The topological polar surface area (TPSA) is 128 Å². The predicted molar refractivity (Wildman–Crippen MR) is 54.9 cm³/mol. The molecule has 0 spiro atoms. The summed E-state index contributed by atoms with van der Waals surface area (Å²) in [6.07, 6.45) is 1.11. The van der Waals surface area contributed by atoms with Crippen molar-refractivity contribution in [2.75, 3.05) is 13.2 Å². The van der Waals surface area contributed by atoms with E-state index in [9.17, 15) is 13.2 Å². The number of carbonyl (C=O) groups is 1. The van der Waals surface area contributed by atoms with Crippen LogP contribution in [-0.4, -0.2) is 32.0 Å². The Morgan fingerprint density at radius 2 is 2.20 bits per heavy atom. The molecular formula is C7H16N2O5S. The van der Waals surface area contributed by atoms with Gasteiger partial charge >= 0.3 is 10.4 Å². The number of carbonyl (C=O) groups excluding carboxylic acids is 1. The van der Waals surface area contributed by atoms with Gasteiger partial charge in [-0.05, 0) is 12.0 Å². The van der Waals surface area contributed by atoms with Gasteiger partial charge in [-0.3, -0.25) is 9.35 Å². The molecule has 90 valence electrons. The van der Waals surface area contributed by atoms with Gasteiger partial charge in [-0.2, -0.15) is 8.42 Å². The highest BCUT2D eigenvalue weighted by Crippen LogP contribution is 1.96. The Kier molecular flexibility index (Phi) is 8.07. The summed E-state index contributed by atoms with van der Waals surface area (Å²) in [6.45, 7) is 4.97. The standard InChI is InChI=1S/C7H13NO5S.H3N/c1-3-7(9)8-4-6(2)5-13-14(10,11)12;/h3,6H,1,4-5H2,2H3,(H,8,9)(H,10,11,12);1H3. The van der Waals surface area contributed by atoms with Crippen molar-refractivity contribution in [1.29, 1.82) is 0 Å². The molecule has 0 aromatic heterocycles. The second kappa shape index (κ2) is 7.35. The lowest BCUT2D eigenvalue weighted by Gasteiger charge is -2.10. The van der Waals surface area contributed by atoms with Crippen LogP contribution in [0, 0.1) is 5.92 Å². The van der Waals surface area contributed by atoms with E-state index in [2.05, 4.69) is 16.1 Å². The lowest BCUT2D eigenvalue weighted by molar-refractivity contribution is -0.116. The van der Waals surface area contributed by atoms with Crippen molar-refractivity contribution < 1.29 is 21.9 Å². The van der Waals surface area contributed by atoms with E-state index in [1.165, 1.54) is 0 Å². The maximum Gasteiger partial charge on any atom is 0.397 e. The van der Waals surface area contributed by atoms with Crippen LogP contribution in [0.2, 0.25) is 0 Å². The van der Waals surface area contributed by atoms with Crippen molar-refractivity contribution in [3.8, 4) is 0 Å². The number of hydrogen-bond donors (Lipinski definition) is 3. The minimum atomic E-state index is -4.40. The van der Waals surface area contributed by atoms with Crippen molar-refractivity contribution in [3.63, 3.8) is 0 Å². The first-order chi connectivity index (χ1) is 6.35. The fourth-order valence-corrected chi connectivity index (χ4v) is 1.01. The molecule has 1 unspecified atom stereocenters. The van der Waals surface area contributed by atoms with Crippen LogP contribution in [0.1, 0.15) is 6.92 Å². The van der Waals surface area contributed by atoms with Crippen molar-refractivity contribution in [1.82, 2.24) is 11.5 Å². The summed E-state index contributed by atoms with van der Waals surface area (Å²) in [4.78, 5) is 10.7. The molecule has 0 saturated heterocycles. The zero-order valence-corrected chi connectivity index (χ0v) is 9.29. The van der Waals surface area contributed by atoms with Gasteiger partial charge in [-0.1, -0.05) is 13.5 Å². The van der Waals surface area contributed by atoms with Crippen LogP contribution in [0.4, 0.5) is 0 Å². The fraction of sp³-hybridized carbons (Fsp3) is 0.571. The maximum atomic E-state index is 10.7. The third kappa shape index (κ3) is 11.0. The first-order valence-corrected chi connectivity index (χ1v) is 5.23. The highest BCUT2D eigenvalue weighted by Gasteiger charge is 2.09. The normalized spacial score (nSPS) is 12.4. The quantitative estimate of drug-likeness (QED) is 0.439. The molecule has 0 bridgehead atoms. The van der Waals surface area contributed by atoms with E-state index in [1.807, 2.05) is 0 Å². The van der Waals surface area contributed by atoms with E-state index in [4.69, 9.17) is 4.55 Å². The highest BCUT2D eigenvalue weighted by atomic mass is 32.3. The van der Waals surface area contributed by atoms with Gasteiger partial charge in [0.2, 0.25) is 5.91 Å². The number of hydrogen-bond acceptors (Lipinski definition) is 5. The third-order valence-corrected chi connectivity index (χ3v) is 1.75. The van der Waals surface area contributed by atoms with Crippen LogP contribution < -0.4 is 11.5 Å². The van der Waals surface area contributed by atoms with Gasteiger partial charge in [0.05, 0.1) is 6.61 Å². The minimum Gasteiger partial charge on any atom is -0.352 e. The summed E-state index contributed by atoms with van der Waals surface area (Å²) >= 11 is 0. The molecule has 0 rings (SSSR count). The lowest BCUT2D eigenvalue weighted by Crippen LogP contribution is -2.29. The van der Waals surface area contributed by atoms with Gasteiger partial charge in [-0.25, -0.2) is 4.18 Å². The molecular weight excluding hydrogens is 224 g/mol. The van der Waals surface area contributed by atoms with Gasteiger partial charge in [0.25, 0.3) is 0 Å². The zero-order chi connectivity index (χ0) is 11.2. The van der Waals surface area contributed by atoms with E-state index < -0.39 is 10.4 Å². The zero-order valence-electron chi connectivity index (χ0n) is 8.47. The van der Waals surface area contributed by atoms with Gasteiger partial charge in [0, 0.05) is 6.54 Å². The molecule has 0 saturated carbocycles. The summed E-state index contributed by atoms with van der Waals surface area (Å²) < 4.78 is 32.7. The van der Waals surface area contributed by atoms with Crippen molar-refractivity contribution >= 4 is 16.3 Å². The van der Waals surface area contributed by atoms with E-state index in [-0.39, 0.29) is 31.1 Å². The summed E-state index contributed by atoms with van der Waals surface area (Å²) in [5.74, 6) is -0.565. The van der Waals surface area contributed by atoms with Gasteiger partial charge < -0.3 is 11.5 Å². The Hall–Kier alpha value is -0.960. The van der Waals surface area contributed by atoms with Gasteiger partial charge in [0.1, 0.15) is 0 Å². The van der Waals surface area contributed by atoms with E-state index in [0.29, 0.717) is 0 Å². The molecule has 7 nitrogen and oxygen atoms in total. The number of amides is 1. The molecule has 0 aromatic carbocycles. The fourth-order valence-electron chi connectivity index (χ4n) is 0.608. The van der Waals surface area contributed by atoms with E-state index >= 15 is 0 Å². The molecule has 1 amide bonds. The molecule has 0 aromatic rings. The molecule has 5 N–H and O–H groups in total. The van der Waals surface area contributed by atoms with Gasteiger partial charge in [-0.15, -0.1) is 0 Å². The smallest absolute Gasteiger partial charge is 0.352 e. The van der Waals surface area contributed by atoms with Crippen molar-refractivity contribution in [2.45, 2.75) is 6.92 Å². The Morgan fingerprint density at radius 3 is 2.60 bits per heavy atom. The Bertz CT molecular complexity index is 301. The second-order valence-corrected chi connectivity index (χ2v) is 3.86. The van der Waals surface area contributed by atoms with Crippen LogP contribution in [0.5, 0.6) is 0 Å². The Morgan fingerprint density at radius 1 is 1.67 bits per heavy atom. The molecule has 0 heterocycles. The summed E-state index contributed by atoms with van der Waals surface area (Å²) in [5, 5.41) is 2.45. The first-order valence-electron chi connectivity index (χ1n) is 3.87. The van der Waals surface area contributed by atoms with Crippen LogP contribution in [0.25, 0.3) is 0 Å². The molecule has 0 aliphatic carbocycles. The first kappa shape index (κ1) is 16.5. The number of rotatable bonds is 6. The SMILES string of the molecule is C=CC(=O)NCC(C)COS(=O)(=O)O.N. The summed E-state index contributed by atoms with van der Waals surface area (Å²) in [6, 6.07) is 0. The van der Waals surface area contributed by atoms with Crippen LogP contribution in [-0.2, 0) is 19.4 Å². The number of nitrogens with one attached hydrogen (secondary N) is 1. The predicted octanol–water partition coefficient (Wildman–Crippen LogP) is -0.0939. The Balaban J connectivity index is 0. The molecule has 0 aliphatic heterocycles. The monoisotopic (exact) mass is 240 g/mol. The summed E-state index contributed by atoms with van der Waals surface area (Å²) in [5.41, 5.74) is 0. The third-order valence-electron chi connectivity index (χ3n) is 1.31. The second-order valence-electron chi connectivity index (χ2n) is 2.77. The van der Waals surface area contributed by atoms with Gasteiger partial charge in [0.15, 0.2) is 0 Å². The molecule has 0 fully saturated rings. The molecule has 8 heteroatoms. The van der Waals surface area contributed by atoms with Crippen molar-refractivity contribution in [3.05, 3.63) is 12.7 Å². The lowest BCUT2D eigenvalue weighted by atomic mass is 10.2. The molecule has 0 radical (unpaired) electrons. The van der Waals surface area contributed by atoms with Crippen LogP contribution in [0.3, 0.4) is 0 Å². The van der Waals surface area contributed by atoms with Crippen LogP contribution >= 0.6 is 0 Å². The Labute approximate surface area is 89.0 Å². The van der Waals surface area contributed by atoms with E-state index in [0.717, 1.165) is 6.08 Å². The molecule has 1 atom stereocenters. The van der Waals surface area contributed by atoms with Crippen molar-refractivity contribution in [2.24, 2.45) is 5.92 Å². The maximum absolute atomic E-state index is 10.7. The average molecular weight is 240 g/mol. The molecule has 15 heavy (non-hydrogen) atoms.